The predicted molar refractivity (Wildman–Crippen MR) is 153 cm³/mol. The minimum absolute atomic E-state index is 0.389. The van der Waals surface area contributed by atoms with Crippen molar-refractivity contribution in [1.82, 2.24) is 20.6 Å². The molecule has 0 aliphatic heterocycles. The van der Waals surface area contributed by atoms with Crippen LogP contribution in [0.4, 0.5) is 5.69 Å². The van der Waals surface area contributed by atoms with E-state index in [2.05, 4.69) is 52.6 Å². The molecule has 0 amide bonds. The second-order valence-corrected chi connectivity index (χ2v) is 9.05. The number of anilines is 1. The Bertz CT molecular complexity index is 1070. The van der Waals surface area contributed by atoms with Gasteiger partial charge in [-0.2, -0.15) is 0 Å². The quantitative estimate of drug-likeness (QED) is 0.165. The van der Waals surface area contributed by atoms with Crippen LogP contribution in [0.3, 0.4) is 0 Å². The zero-order chi connectivity index (χ0) is 26.5. The van der Waals surface area contributed by atoms with Gasteiger partial charge in [0.05, 0.1) is 12.3 Å². The van der Waals surface area contributed by atoms with E-state index in [1.807, 2.05) is 38.1 Å². The van der Waals surface area contributed by atoms with Crippen molar-refractivity contribution < 1.29 is 0 Å². The van der Waals surface area contributed by atoms with Crippen LogP contribution in [0.5, 0.6) is 0 Å². The molecule has 192 valence electrons. The smallest absolute Gasteiger partial charge is 0.125 e. The van der Waals surface area contributed by atoms with Crippen molar-refractivity contribution in [3.05, 3.63) is 91.5 Å². The average Bonchev–Trinajstić information content (AvgIpc) is 2.88. The second kappa shape index (κ2) is 14.5. The molecule has 7 nitrogen and oxygen atoms in total. The lowest BCUT2D eigenvalue weighted by Gasteiger charge is -2.23. The summed E-state index contributed by atoms with van der Waals surface area (Å²) < 4.78 is 0. The van der Waals surface area contributed by atoms with Crippen molar-refractivity contribution in [2.45, 2.75) is 33.6 Å². The van der Waals surface area contributed by atoms with Gasteiger partial charge in [-0.25, -0.2) is 9.97 Å². The van der Waals surface area contributed by atoms with Gasteiger partial charge in [0.1, 0.15) is 5.82 Å². The first-order chi connectivity index (χ1) is 17.3. The summed E-state index contributed by atoms with van der Waals surface area (Å²) in [4.78, 5) is 8.59. The molecule has 0 aliphatic rings. The topological polar surface area (TPSA) is 112 Å². The molecule has 2 atom stereocenters. The molecule has 1 aromatic carbocycles. The Hall–Kier alpha value is -3.87. The minimum atomic E-state index is 0.389. The highest BCUT2D eigenvalue weighted by Gasteiger charge is 2.14. The third-order valence-corrected chi connectivity index (χ3v) is 6.08. The SMILES string of the molecule is C=CC(CC)CC(CN/C=C\N)CNC(=C)CNc1ccc(-c2cnc(C)nc2)cc1C(=N)C(=C)C. The summed E-state index contributed by atoms with van der Waals surface area (Å²) in [6.07, 6.45) is 11.0. The van der Waals surface area contributed by atoms with E-state index in [0.717, 1.165) is 59.8 Å². The van der Waals surface area contributed by atoms with Crippen LogP contribution in [0.1, 0.15) is 38.1 Å². The highest BCUT2D eigenvalue weighted by Crippen LogP contribution is 2.26. The van der Waals surface area contributed by atoms with E-state index in [-0.39, 0.29) is 0 Å². The maximum atomic E-state index is 8.59. The Labute approximate surface area is 216 Å². The highest BCUT2D eigenvalue weighted by atomic mass is 15.0. The van der Waals surface area contributed by atoms with E-state index in [1.54, 1.807) is 18.6 Å². The number of rotatable bonds is 16. The fraction of sp³-hybridized carbons (Fsp3) is 0.345. The maximum Gasteiger partial charge on any atom is 0.125 e. The van der Waals surface area contributed by atoms with E-state index in [1.165, 1.54) is 6.20 Å². The van der Waals surface area contributed by atoms with Crippen molar-refractivity contribution in [2.75, 3.05) is 25.0 Å². The summed E-state index contributed by atoms with van der Waals surface area (Å²) in [6.45, 7) is 20.2. The number of aryl methyl sites for hydroxylation is 1. The number of allylic oxidation sites excluding steroid dienone is 2. The van der Waals surface area contributed by atoms with Gasteiger partial charge < -0.3 is 21.7 Å². The van der Waals surface area contributed by atoms with E-state index >= 15 is 0 Å². The van der Waals surface area contributed by atoms with Crippen LogP contribution in [0.2, 0.25) is 0 Å². The van der Waals surface area contributed by atoms with E-state index < -0.39 is 0 Å². The molecule has 1 aromatic heterocycles. The van der Waals surface area contributed by atoms with Gasteiger partial charge in [0.2, 0.25) is 0 Å². The molecular weight excluding hydrogens is 446 g/mol. The second-order valence-electron chi connectivity index (χ2n) is 9.05. The first-order valence-corrected chi connectivity index (χ1v) is 12.3. The normalized spacial score (nSPS) is 12.5. The molecule has 1 heterocycles. The third kappa shape index (κ3) is 8.73. The molecule has 2 rings (SSSR count). The van der Waals surface area contributed by atoms with Gasteiger partial charge in [-0.1, -0.05) is 32.2 Å². The summed E-state index contributed by atoms with van der Waals surface area (Å²) >= 11 is 0. The lowest BCUT2D eigenvalue weighted by Crippen LogP contribution is -2.32. The van der Waals surface area contributed by atoms with E-state index in [0.29, 0.717) is 29.7 Å². The molecule has 2 aromatic rings. The monoisotopic (exact) mass is 487 g/mol. The molecule has 0 saturated heterocycles. The average molecular weight is 488 g/mol. The summed E-state index contributed by atoms with van der Waals surface area (Å²) in [6, 6.07) is 5.97. The molecular formula is C29H41N7. The number of nitrogens with two attached hydrogens (primary N) is 1. The van der Waals surface area contributed by atoms with Gasteiger partial charge in [0.15, 0.2) is 0 Å². The van der Waals surface area contributed by atoms with Crippen LogP contribution in [0.25, 0.3) is 11.1 Å². The number of benzene rings is 1. The van der Waals surface area contributed by atoms with Crippen molar-refractivity contribution in [3.63, 3.8) is 0 Å². The molecule has 36 heavy (non-hydrogen) atoms. The van der Waals surface area contributed by atoms with Gasteiger partial charge in [-0.05, 0) is 61.8 Å². The Morgan fingerprint density at radius 2 is 1.89 bits per heavy atom. The van der Waals surface area contributed by atoms with Crippen molar-refractivity contribution in [1.29, 1.82) is 5.41 Å². The fourth-order valence-electron chi connectivity index (χ4n) is 3.81. The summed E-state index contributed by atoms with van der Waals surface area (Å²) in [5.74, 6) is 1.59. The van der Waals surface area contributed by atoms with Gasteiger partial charge in [0.25, 0.3) is 0 Å². The molecule has 2 unspecified atom stereocenters. The molecule has 0 saturated carbocycles. The van der Waals surface area contributed by atoms with E-state index in [9.17, 15) is 0 Å². The van der Waals surface area contributed by atoms with Crippen LogP contribution >= 0.6 is 0 Å². The maximum absolute atomic E-state index is 8.59. The Morgan fingerprint density at radius 3 is 2.50 bits per heavy atom. The lowest BCUT2D eigenvalue weighted by atomic mass is 9.92. The molecule has 0 aliphatic carbocycles. The summed E-state index contributed by atoms with van der Waals surface area (Å²) in [5.41, 5.74) is 10.9. The Morgan fingerprint density at radius 1 is 1.17 bits per heavy atom. The van der Waals surface area contributed by atoms with Crippen molar-refractivity contribution in [3.8, 4) is 11.1 Å². The molecule has 0 bridgehead atoms. The molecule has 0 fully saturated rings. The minimum Gasteiger partial charge on any atom is -0.403 e. The van der Waals surface area contributed by atoms with Gasteiger partial charge in [0, 0.05) is 60.4 Å². The lowest BCUT2D eigenvalue weighted by molar-refractivity contribution is 0.391. The zero-order valence-electron chi connectivity index (χ0n) is 21.9. The first-order valence-electron chi connectivity index (χ1n) is 12.3. The van der Waals surface area contributed by atoms with Crippen LogP contribution in [0.15, 0.2) is 80.1 Å². The summed E-state index contributed by atoms with van der Waals surface area (Å²) in [7, 11) is 0. The standard InChI is InChI=1S/C29H41N7/c1-7-23(8-2)13-24(16-32-12-11-30)17-33-21(5)15-36-28-10-9-25(14-27(28)29(31)20(3)4)26-18-34-22(6)35-19-26/h7,9-12,14,18-19,23-24,31-33,36H,1,3,5,8,13,15-17,30H2,2,4,6H3/b12-11-,31-29?. The van der Waals surface area contributed by atoms with Crippen LogP contribution < -0.4 is 21.7 Å². The summed E-state index contributed by atoms with van der Waals surface area (Å²) in [5, 5.41) is 18.8. The van der Waals surface area contributed by atoms with Crippen LogP contribution in [-0.2, 0) is 0 Å². The number of hydrogen-bond acceptors (Lipinski definition) is 7. The molecule has 7 heteroatoms. The first kappa shape index (κ1) is 28.4. The highest BCUT2D eigenvalue weighted by molar-refractivity contribution is 6.13. The Balaban J connectivity index is 2.08. The predicted octanol–water partition coefficient (Wildman–Crippen LogP) is 5.15. The molecule has 0 spiro atoms. The Kier molecular flexibility index (Phi) is 11.4. The number of hydrogen-bond donors (Lipinski definition) is 5. The van der Waals surface area contributed by atoms with Crippen LogP contribution in [0, 0.1) is 24.2 Å². The largest absolute Gasteiger partial charge is 0.403 e. The van der Waals surface area contributed by atoms with Crippen molar-refractivity contribution >= 4 is 11.4 Å². The van der Waals surface area contributed by atoms with Gasteiger partial charge >= 0.3 is 0 Å². The fourth-order valence-corrected chi connectivity index (χ4v) is 3.81. The van der Waals surface area contributed by atoms with Crippen molar-refractivity contribution in [2.24, 2.45) is 17.6 Å². The zero-order valence-corrected chi connectivity index (χ0v) is 21.9. The number of nitrogens with one attached hydrogen (secondary N) is 4. The molecule has 6 N–H and O–H groups in total. The van der Waals surface area contributed by atoms with E-state index in [4.69, 9.17) is 11.1 Å². The third-order valence-electron chi connectivity index (χ3n) is 6.08. The van der Waals surface area contributed by atoms with Crippen LogP contribution in [-0.4, -0.2) is 35.3 Å². The van der Waals surface area contributed by atoms with Gasteiger partial charge in [-0.15, -0.1) is 6.58 Å². The molecule has 0 radical (unpaired) electrons. The number of aromatic nitrogens is 2. The van der Waals surface area contributed by atoms with Gasteiger partial charge in [-0.3, -0.25) is 5.41 Å². The number of nitrogens with zero attached hydrogens (tertiary/aromatic N) is 2.